The average Bonchev–Trinajstić information content (AvgIpc) is 3.59. The molecule has 0 spiro atoms. The minimum absolute atomic E-state index is 0.0357. The van der Waals surface area contributed by atoms with E-state index in [9.17, 15) is 14.5 Å². The number of amides is 1. The molecule has 2 saturated carbocycles. The van der Waals surface area contributed by atoms with Gasteiger partial charge in [0, 0.05) is 34.6 Å². The standard InChI is InChI=1S/C25H30FN3O3S/c1-14(30)25(31)29-18-11-17(12-18)24(28-33(2)32)22(29)13-16-5-3-6-19(23(16)26)21-8-4-7-20(27-21)15-9-10-15/h3-8,14-15,17-18,22,24,28,30H,9-13H2,1-2H3/t14-,17?,18?,22+,24+,33?/m1/s1. The average molecular weight is 472 g/mol. The zero-order valence-corrected chi connectivity index (χ0v) is 19.7. The van der Waals surface area contributed by atoms with Crippen LogP contribution in [0.15, 0.2) is 36.4 Å². The second kappa shape index (κ2) is 8.98. The lowest BCUT2D eigenvalue weighted by Crippen LogP contribution is -2.71. The third-order valence-corrected chi connectivity index (χ3v) is 7.89. The number of rotatable bonds is 7. The highest BCUT2D eigenvalue weighted by Crippen LogP contribution is 2.45. The van der Waals surface area contributed by atoms with E-state index in [4.69, 9.17) is 4.98 Å². The largest absolute Gasteiger partial charge is 0.598 e. The van der Waals surface area contributed by atoms with Crippen LogP contribution in [0.5, 0.6) is 0 Å². The zero-order chi connectivity index (χ0) is 23.3. The van der Waals surface area contributed by atoms with Crippen molar-refractivity contribution in [1.82, 2.24) is 14.6 Å². The van der Waals surface area contributed by atoms with Crippen molar-refractivity contribution in [2.45, 2.75) is 69.2 Å². The quantitative estimate of drug-likeness (QED) is 0.607. The molecule has 1 amide bonds. The Morgan fingerprint density at radius 3 is 2.70 bits per heavy atom. The summed E-state index contributed by atoms with van der Waals surface area (Å²) in [7, 11) is 0. The van der Waals surface area contributed by atoms with E-state index in [0.717, 1.165) is 31.4 Å². The summed E-state index contributed by atoms with van der Waals surface area (Å²) in [5.74, 6) is 0.0715. The van der Waals surface area contributed by atoms with Crippen LogP contribution in [-0.4, -0.2) is 55.9 Å². The van der Waals surface area contributed by atoms with Gasteiger partial charge in [0.1, 0.15) is 18.2 Å². The fourth-order valence-corrected chi connectivity index (χ4v) is 6.16. The van der Waals surface area contributed by atoms with Crippen molar-refractivity contribution in [2.24, 2.45) is 5.92 Å². The molecule has 2 aliphatic carbocycles. The van der Waals surface area contributed by atoms with E-state index in [0.29, 0.717) is 22.7 Å². The Labute approximate surface area is 196 Å². The lowest BCUT2D eigenvalue weighted by atomic mass is 9.66. The molecule has 1 unspecified atom stereocenters. The molecular weight excluding hydrogens is 441 g/mol. The summed E-state index contributed by atoms with van der Waals surface area (Å²) in [4.78, 5) is 19.3. The van der Waals surface area contributed by atoms with E-state index in [2.05, 4.69) is 4.72 Å². The molecule has 2 saturated heterocycles. The van der Waals surface area contributed by atoms with Crippen molar-refractivity contribution in [3.05, 3.63) is 53.5 Å². The zero-order valence-electron chi connectivity index (χ0n) is 18.9. The Hall–Kier alpha value is -2.00. The number of aliphatic hydroxyl groups excluding tert-OH is 1. The number of fused-ring (bicyclic) bond motifs is 2. The minimum Gasteiger partial charge on any atom is -0.598 e. The van der Waals surface area contributed by atoms with Gasteiger partial charge in [-0.15, -0.1) is 4.72 Å². The summed E-state index contributed by atoms with van der Waals surface area (Å²) < 4.78 is 30.9. The van der Waals surface area contributed by atoms with Crippen molar-refractivity contribution < 1.29 is 18.8 Å². The lowest BCUT2D eigenvalue weighted by molar-refractivity contribution is -0.157. The topological polar surface area (TPSA) is 88.5 Å². The first-order valence-electron chi connectivity index (χ1n) is 11.7. The van der Waals surface area contributed by atoms with Crippen LogP contribution in [-0.2, 0) is 22.6 Å². The maximum Gasteiger partial charge on any atom is 0.251 e. The van der Waals surface area contributed by atoms with Crippen LogP contribution in [0.1, 0.15) is 49.8 Å². The molecule has 2 aromatic rings. The predicted octanol–water partition coefficient (Wildman–Crippen LogP) is 2.93. The fourth-order valence-electron chi connectivity index (χ4n) is 5.43. The van der Waals surface area contributed by atoms with Gasteiger partial charge in [0.05, 0.1) is 17.8 Å². The number of benzene rings is 1. The number of hydrogen-bond acceptors (Lipinski definition) is 5. The number of carbonyl (C=O) groups excluding carboxylic acids is 1. The first-order chi connectivity index (χ1) is 15.8. The number of aromatic nitrogens is 1. The van der Waals surface area contributed by atoms with E-state index >= 15 is 4.39 Å². The molecule has 3 heterocycles. The SMILES string of the molecule is C[C@@H](O)C(=O)N1C2CC(C2)[C@H](N[S+](C)[O-])[C@@H]1Cc1cccc(-c2cccc(C3CC3)n2)c1F. The van der Waals surface area contributed by atoms with E-state index < -0.39 is 17.5 Å². The second-order valence-electron chi connectivity index (χ2n) is 9.68. The molecule has 1 aromatic carbocycles. The minimum atomic E-state index is -1.27. The van der Waals surface area contributed by atoms with Crippen LogP contribution >= 0.6 is 0 Å². The Kier molecular flexibility index (Phi) is 6.20. The smallest absolute Gasteiger partial charge is 0.251 e. The van der Waals surface area contributed by atoms with Gasteiger partial charge in [-0.1, -0.05) is 18.2 Å². The van der Waals surface area contributed by atoms with Gasteiger partial charge < -0.3 is 14.6 Å². The number of hydrogen-bond donors (Lipinski definition) is 2. The summed E-state index contributed by atoms with van der Waals surface area (Å²) in [6, 6.07) is 10.5. The maximum absolute atomic E-state index is 15.8. The van der Waals surface area contributed by atoms with Crippen LogP contribution in [0.4, 0.5) is 4.39 Å². The number of piperidine rings is 2. The summed E-state index contributed by atoms with van der Waals surface area (Å²) in [5.41, 5.74) is 2.57. The van der Waals surface area contributed by atoms with Crippen LogP contribution in [0, 0.1) is 11.7 Å². The van der Waals surface area contributed by atoms with Gasteiger partial charge in [0.25, 0.3) is 5.91 Å². The van der Waals surface area contributed by atoms with Gasteiger partial charge in [-0.25, -0.2) is 4.39 Å². The first-order valence-corrected chi connectivity index (χ1v) is 13.2. The molecule has 1 aromatic heterocycles. The highest BCUT2D eigenvalue weighted by atomic mass is 32.2. The Bertz CT molecular complexity index is 1040. The van der Waals surface area contributed by atoms with Crippen molar-refractivity contribution in [2.75, 3.05) is 6.26 Å². The molecule has 6 rings (SSSR count). The molecule has 33 heavy (non-hydrogen) atoms. The molecule has 2 N–H and O–H groups in total. The maximum atomic E-state index is 15.8. The van der Waals surface area contributed by atoms with Gasteiger partial charge in [-0.3, -0.25) is 9.78 Å². The Balaban J connectivity index is 1.47. The van der Waals surface area contributed by atoms with Gasteiger partial charge in [-0.2, -0.15) is 0 Å². The van der Waals surface area contributed by atoms with Crippen LogP contribution in [0.25, 0.3) is 11.3 Å². The van der Waals surface area contributed by atoms with Gasteiger partial charge >= 0.3 is 0 Å². The van der Waals surface area contributed by atoms with E-state index in [1.54, 1.807) is 23.3 Å². The Morgan fingerprint density at radius 2 is 2.03 bits per heavy atom. The Morgan fingerprint density at radius 1 is 1.30 bits per heavy atom. The lowest BCUT2D eigenvalue weighted by Gasteiger charge is -2.57. The fraction of sp³-hybridized carbons (Fsp3) is 0.520. The monoisotopic (exact) mass is 471 g/mol. The summed E-state index contributed by atoms with van der Waals surface area (Å²) in [5, 5.41) is 10.0. The summed E-state index contributed by atoms with van der Waals surface area (Å²) in [6.07, 6.45) is 4.59. The number of nitrogens with zero attached hydrogens (tertiary/aromatic N) is 2. The first kappa shape index (κ1) is 22.8. The van der Waals surface area contributed by atoms with Crippen LogP contribution in [0.3, 0.4) is 0 Å². The molecule has 176 valence electrons. The van der Waals surface area contributed by atoms with Gasteiger partial charge in [0.2, 0.25) is 0 Å². The van der Waals surface area contributed by atoms with E-state index in [1.165, 1.54) is 6.92 Å². The normalized spacial score (nSPS) is 28.2. The van der Waals surface area contributed by atoms with E-state index in [1.807, 2.05) is 24.3 Å². The third-order valence-electron chi connectivity index (χ3n) is 7.29. The second-order valence-corrected chi connectivity index (χ2v) is 10.8. The van der Waals surface area contributed by atoms with Crippen molar-refractivity contribution in [3.63, 3.8) is 0 Å². The van der Waals surface area contributed by atoms with Crippen LogP contribution in [0.2, 0.25) is 0 Å². The third kappa shape index (κ3) is 4.41. The molecule has 2 bridgehead atoms. The number of carbonyl (C=O) groups is 1. The van der Waals surface area contributed by atoms with Gasteiger partial charge in [-0.05, 0) is 68.7 Å². The molecule has 0 radical (unpaired) electrons. The van der Waals surface area contributed by atoms with E-state index in [-0.39, 0.29) is 42.2 Å². The predicted molar refractivity (Wildman–Crippen MR) is 125 cm³/mol. The van der Waals surface area contributed by atoms with Gasteiger partial charge in [0.15, 0.2) is 0 Å². The molecule has 8 heteroatoms. The number of nitrogens with one attached hydrogen (secondary N) is 1. The highest BCUT2D eigenvalue weighted by Gasteiger charge is 2.54. The van der Waals surface area contributed by atoms with Crippen LogP contribution < -0.4 is 4.72 Å². The summed E-state index contributed by atoms with van der Waals surface area (Å²) in [6.45, 7) is 1.46. The summed E-state index contributed by atoms with van der Waals surface area (Å²) >= 11 is -1.27. The molecule has 2 aliphatic heterocycles. The molecule has 4 atom stereocenters. The number of pyridine rings is 1. The molecule has 4 fully saturated rings. The van der Waals surface area contributed by atoms with Crippen molar-refractivity contribution in [3.8, 4) is 11.3 Å². The number of aliphatic hydroxyl groups is 1. The molecular formula is C25H30FN3O3S. The highest BCUT2D eigenvalue weighted by molar-refractivity contribution is 7.88. The van der Waals surface area contributed by atoms with Crippen molar-refractivity contribution in [1.29, 1.82) is 0 Å². The van der Waals surface area contributed by atoms with Crippen molar-refractivity contribution >= 4 is 17.3 Å². The number of halogens is 1. The molecule has 4 aliphatic rings. The molecule has 6 nitrogen and oxygen atoms in total.